The molecular formula is C15H7F6N3O2. The van der Waals surface area contributed by atoms with Crippen LogP contribution < -0.4 is 0 Å². The highest BCUT2D eigenvalue weighted by molar-refractivity contribution is 5.86. The van der Waals surface area contributed by atoms with Gasteiger partial charge in [0, 0.05) is 11.6 Å². The zero-order chi connectivity index (χ0) is 19.3. The van der Waals surface area contributed by atoms with Crippen molar-refractivity contribution in [3.63, 3.8) is 0 Å². The summed E-state index contributed by atoms with van der Waals surface area (Å²) in [6.07, 6.45) is -9.47. The Balaban J connectivity index is 2.19. The molecule has 2 aromatic heterocycles. The van der Waals surface area contributed by atoms with E-state index in [-0.39, 0.29) is 11.3 Å². The van der Waals surface area contributed by atoms with Crippen LogP contribution >= 0.6 is 0 Å². The van der Waals surface area contributed by atoms with Crippen LogP contribution in [0, 0.1) is 0 Å². The smallest absolute Gasteiger partial charge is 0.433 e. The standard InChI is InChI=1S/C15H7F6N3O2/c16-14(17,18)8-3-1-7(2-4-8)9-5-11(15(19,20)21)24-12(22-9)6-10(23-24)13(25)26/h1-6H,(H,25,26). The number of aromatic carboxylic acids is 1. The lowest BCUT2D eigenvalue weighted by Gasteiger charge is -2.11. The average Bonchev–Trinajstić information content (AvgIpc) is 2.96. The molecule has 0 unspecified atom stereocenters. The molecule has 0 amide bonds. The second kappa shape index (κ2) is 5.71. The van der Waals surface area contributed by atoms with Gasteiger partial charge in [-0.1, -0.05) is 12.1 Å². The summed E-state index contributed by atoms with van der Waals surface area (Å²) < 4.78 is 77.9. The van der Waals surface area contributed by atoms with Gasteiger partial charge >= 0.3 is 18.3 Å². The van der Waals surface area contributed by atoms with Crippen LogP contribution in [0.2, 0.25) is 0 Å². The van der Waals surface area contributed by atoms with Gasteiger partial charge < -0.3 is 5.11 Å². The molecule has 0 saturated heterocycles. The van der Waals surface area contributed by atoms with E-state index in [2.05, 4.69) is 10.1 Å². The normalized spacial score (nSPS) is 12.5. The molecule has 5 nitrogen and oxygen atoms in total. The molecule has 0 bridgehead atoms. The largest absolute Gasteiger partial charge is 0.476 e. The third-order valence-corrected chi connectivity index (χ3v) is 3.44. The third-order valence-electron chi connectivity index (χ3n) is 3.44. The zero-order valence-electron chi connectivity index (χ0n) is 12.4. The number of rotatable bonds is 2. The molecule has 0 aliphatic carbocycles. The zero-order valence-corrected chi connectivity index (χ0v) is 12.4. The van der Waals surface area contributed by atoms with Gasteiger partial charge in [0.05, 0.1) is 11.3 Å². The maximum atomic E-state index is 13.3. The summed E-state index contributed by atoms with van der Waals surface area (Å²) in [6, 6.07) is 4.83. The molecule has 3 rings (SSSR count). The van der Waals surface area contributed by atoms with E-state index in [4.69, 9.17) is 5.11 Å². The first-order valence-electron chi connectivity index (χ1n) is 6.86. The second-order valence-electron chi connectivity index (χ2n) is 5.20. The van der Waals surface area contributed by atoms with Gasteiger partial charge in [-0.2, -0.15) is 31.4 Å². The van der Waals surface area contributed by atoms with Crippen LogP contribution in [0.4, 0.5) is 26.3 Å². The van der Waals surface area contributed by atoms with E-state index < -0.39 is 40.9 Å². The maximum Gasteiger partial charge on any atom is 0.433 e. The molecule has 0 aliphatic rings. The number of aromatic nitrogens is 3. The van der Waals surface area contributed by atoms with Gasteiger partial charge in [0.25, 0.3) is 0 Å². The highest BCUT2D eigenvalue weighted by atomic mass is 19.4. The molecule has 11 heteroatoms. The SMILES string of the molecule is O=C(O)c1cc2nc(-c3ccc(C(F)(F)F)cc3)cc(C(F)(F)F)n2n1. The van der Waals surface area contributed by atoms with Gasteiger partial charge in [-0.3, -0.25) is 0 Å². The van der Waals surface area contributed by atoms with Crippen molar-refractivity contribution >= 4 is 11.6 Å². The Morgan fingerprint density at radius 2 is 1.58 bits per heavy atom. The molecule has 1 aromatic carbocycles. The van der Waals surface area contributed by atoms with E-state index in [9.17, 15) is 31.1 Å². The summed E-state index contributed by atoms with van der Waals surface area (Å²) in [5, 5.41) is 12.2. The van der Waals surface area contributed by atoms with Crippen molar-refractivity contribution in [3.05, 3.63) is 53.3 Å². The van der Waals surface area contributed by atoms with Crippen molar-refractivity contribution in [1.29, 1.82) is 0 Å². The fourth-order valence-corrected chi connectivity index (χ4v) is 2.26. The summed E-state index contributed by atoms with van der Waals surface area (Å²) in [7, 11) is 0. The first-order chi connectivity index (χ1) is 12.0. The molecule has 0 radical (unpaired) electrons. The molecule has 0 atom stereocenters. The molecular weight excluding hydrogens is 368 g/mol. The van der Waals surface area contributed by atoms with Gasteiger partial charge in [0.1, 0.15) is 0 Å². The predicted molar refractivity (Wildman–Crippen MR) is 75.4 cm³/mol. The number of fused-ring (bicyclic) bond motifs is 1. The summed E-state index contributed by atoms with van der Waals surface area (Å²) in [5.41, 5.74) is -3.57. The molecule has 26 heavy (non-hydrogen) atoms. The van der Waals surface area contributed by atoms with E-state index >= 15 is 0 Å². The van der Waals surface area contributed by atoms with Gasteiger partial charge in [-0.05, 0) is 18.2 Å². The number of nitrogens with zero attached hydrogens (tertiary/aromatic N) is 3. The van der Waals surface area contributed by atoms with Crippen molar-refractivity contribution in [1.82, 2.24) is 14.6 Å². The van der Waals surface area contributed by atoms with Gasteiger partial charge in [-0.15, -0.1) is 0 Å². The number of halogens is 6. The average molecular weight is 375 g/mol. The minimum Gasteiger partial charge on any atom is -0.476 e. The van der Waals surface area contributed by atoms with Gasteiger partial charge in [0.15, 0.2) is 17.0 Å². The first-order valence-corrected chi connectivity index (χ1v) is 6.86. The van der Waals surface area contributed by atoms with Crippen LogP contribution in [0.25, 0.3) is 16.9 Å². The molecule has 0 spiro atoms. The number of carboxylic acids is 1. The highest BCUT2D eigenvalue weighted by Gasteiger charge is 2.36. The van der Waals surface area contributed by atoms with E-state index in [1.165, 1.54) is 0 Å². The molecule has 1 N–H and O–H groups in total. The van der Waals surface area contributed by atoms with Crippen molar-refractivity contribution in [3.8, 4) is 11.3 Å². The van der Waals surface area contributed by atoms with Gasteiger partial charge in [-0.25, -0.2) is 14.3 Å². The van der Waals surface area contributed by atoms with E-state index in [1.54, 1.807) is 0 Å². The van der Waals surface area contributed by atoms with Crippen molar-refractivity contribution < 1.29 is 36.2 Å². The summed E-state index contributed by atoms with van der Waals surface area (Å²) >= 11 is 0. The molecule has 2 heterocycles. The Bertz CT molecular complexity index is 990. The Labute approximate surface area is 140 Å². The molecule has 0 aliphatic heterocycles. The Kier molecular flexibility index (Phi) is 3.89. The number of hydrogen-bond acceptors (Lipinski definition) is 3. The fraction of sp³-hybridized carbons (Fsp3) is 0.133. The number of hydrogen-bond donors (Lipinski definition) is 1. The maximum absolute atomic E-state index is 13.3. The monoisotopic (exact) mass is 375 g/mol. The topological polar surface area (TPSA) is 67.5 Å². The van der Waals surface area contributed by atoms with Gasteiger partial charge in [0.2, 0.25) is 0 Å². The van der Waals surface area contributed by atoms with Crippen LogP contribution in [0.5, 0.6) is 0 Å². The Morgan fingerprint density at radius 3 is 2.08 bits per heavy atom. The van der Waals surface area contributed by atoms with E-state index in [0.29, 0.717) is 22.7 Å². The van der Waals surface area contributed by atoms with Crippen molar-refractivity contribution in [2.75, 3.05) is 0 Å². The fourth-order valence-electron chi connectivity index (χ4n) is 2.26. The van der Waals surface area contributed by atoms with Crippen LogP contribution in [-0.2, 0) is 12.4 Å². The van der Waals surface area contributed by atoms with E-state index in [1.807, 2.05) is 0 Å². The lowest BCUT2D eigenvalue weighted by Crippen LogP contribution is -2.14. The Hall–Kier alpha value is -3.11. The van der Waals surface area contributed by atoms with Crippen molar-refractivity contribution in [2.45, 2.75) is 12.4 Å². The van der Waals surface area contributed by atoms with Crippen LogP contribution in [0.3, 0.4) is 0 Å². The third kappa shape index (κ3) is 3.19. The molecule has 0 saturated carbocycles. The van der Waals surface area contributed by atoms with E-state index in [0.717, 1.165) is 18.2 Å². The Morgan fingerprint density at radius 1 is 0.962 bits per heavy atom. The molecule has 136 valence electrons. The summed E-state index contributed by atoms with van der Waals surface area (Å²) in [5.74, 6) is -1.54. The first kappa shape index (κ1) is 17.7. The van der Waals surface area contributed by atoms with Crippen molar-refractivity contribution in [2.24, 2.45) is 0 Å². The molecule has 3 aromatic rings. The quantitative estimate of drug-likeness (QED) is 0.684. The highest BCUT2D eigenvalue weighted by Crippen LogP contribution is 2.34. The summed E-state index contributed by atoms with van der Waals surface area (Å²) in [4.78, 5) is 14.8. The van der Waals surface area contributed by atoms with Crippen LogP contribution in [0.1, 0.15) is 21.7 Å². The van der Waals surface area contributed by atoms with Crippen LogP contribution in [-0.4, -0.2) is 25.7 Å². The number of carboxylic acid groups (broad SMARTS) is 1. The number of alkyl halides is 6. The lowest BCUT2D eigenvalue weighted by molar-refractivity contribution is -0.142. The summed E-state index contributed by atoms with van der Waals surface area (Å²) in [6.45, 7) is 0. The minimum atomic E-state index is -4.89. The lowest BCUT2D eigenvalue weighted by atomic mass is 10.1. The minimum absolute atomic E-state index is 0.00377. The number of benzene rings is 1. The number of carbonyl (C=O) groups is 1. The molecule has 0 fully saturated rings. The second-order valence-corrected chi connectivity index (χ2v) is 5.20. The van der Waals surface area contributed by atoms with Crippen LogP contribution in [0.15, 0.2) is 36.4 Å². The predicted octanol–water partition coefficient (Wildman–Crippen LogP) is 4.13.